The first-order valence-electron chi connectivity index (χ1n) is 19.5. The highest BCUT2D eigenvalue weighted by molar-refractivity contribution is 7.03. The van der Waals surface area contributed by atoms with Gasteiger partial charge in [0.1, 0.15) is 0 Å². The van der Waals surface area contributed by atoms with Crippen molar-refractivity contribution in [2.45, 2.75) is 99.7 Å². The van der Waals surface area contributed by atoms with Crippen molar-refractivity contribution in [3.8, 4) is 0 Å². The fourth-order valence-corrected chi connectivity index (χ4v) is 58.5. The van der Waals surface area contributed by atoms with Crippen molar-refractivity contribution in [3.05, 3.63) is 0 Å². The molecule has 52 heavy (non-hydrogen) atoms. The molecule has 0 amide bonds. The van der Waals surface area contributed by atoms with E-state index in [1.165, 1.54) is 0 Å². The van der Waals surface area contributed by atoms with Gasteiger partial charge in [0.05, 0.1) is 45.8 Å². The van der Waals surface area contributed by atoms with Crippen LogP contribution >= 0.6 is 11.6 Å². The fourth-order valence-electron chi connectivity index (χ4n) is 7.24. The van der Waals surface area contributed by atoms with Gasteiger partial charge in [0, 0.05) is 99.2 Å². The van der Waals surface area contributed by atoms with Crippen LogP contribution in [0.15, 0.2) is 0 Å². The monoisotopic (exact) mass is 906 g/mol. The smallest absolute Gasteiger partial charge is 0.373 e. The van der Waals surface area contributed by atoms with Crippen LogP contribution in [0.25, 0.3) is 0 Å². The highest BCUT2D eigenvalue weighted by atomic mass is 35.5. The van der Waals surface area contributed by atoms with E-state index in [9.17, 15) is 0 Å². The number of quaternary nitrogens is 7. The van der Waals surface area contributed by atoms with E-state index in [2.05, 4.69) is 40.1 Å². The van der Waals surface area contributed by atoms with Gasteiger partial charge in [-0.15, -0.1) is 11.6 Å². The van der Waals surface area contributed by atoms with E-state index in [1.54, 1.807) is 0 Å². The van der Waals surface area contributed by atoms with Crippen molar-refractivity contribution in [3.63, 3.8) is 0 Å². The highest BCUT2D eigenvalue weighted by Crippen LogP contribution is 2.54. The minimum atomic E-state index is -3.92. The number of hydrogen-bond donors (Lipinski definition) is 7. The molecule has 0 aromatic rings. The summed E-state index contributed by atoms with van der Waals surface area (Å²) in [7, 11) is -31.2. The molecule has 6 aliphatic heterocycles. The van der Waals surface area contributed by atoms with Crippen molar-refractivity contribution in [1.29, 1.82) is 0 Å². The third-order valence-corrected chi connectivity index (χ3v) is 47.3. The summed E-state index contributed by atoms with van der Waals surface area (Å²) in [5.41, 5.74) is 29.2. The van der Waals surface area contributed by atoms with Crippen LogP contribution in [-0.2, 0) is 49.4 Å². The lowest BCUT2D eigenvalue weighted by Crippen LogP contribution is -2.88. The van der Waals surface area contributed by atoms with Crippen LogP contribution in [0.5, 0.6) is 0 Å². The van der Waals surface area contributed by atoms with E-state index in [-0.39, 0.29) is 0 Å². The summed E-state index contributed by atoms with van der Waals surface area (Å²) in [6.07, 6.45) is 5.20. The van der Waals surface area contributed by atoms with Gasteiger partial charge in [0.15, 0.2) is 0 Å². The van der Waals surface area contributed by atoms with Gasteiger partial charge in [-0.2, -0.15) is 0 Å². The normalized spacial score (nSPS) is 41.1. The second kappa shape index (κ2) is 18.9. The predicted molar refractivity (Wildman–Crippen MR) is 199 cm³/mol. The molecule has 8 bridgehead atoms. The molecule has 28 heteroatoms. The number of halogens is 1. The molecule has 0 unspecified atom stereocenters. The third-order valence-electron chi connectivity index (χ3n) is 9.48. The average molecular weight is 908 g/mol. The van der Waals surface area contributed by atoms with Crippen LogP contribution < -0.4 is 40.1 Å². The standard InChI is InChI=1S/C24H62ClN7O12Si8/c25-9-1-17-45-33-46(18-2-10-26)36-49(21-5-13-29)38-47(34-45,19-3-11-27)40-51(23-7-15-31)41-48(35-45,20-4-12-28)39-50(37-46,22-6-14-30)43-52(42-49,44-51)24-8-16-32/h1-24,26-32H2/p+7. The van der Waals surface area contributed by atoms with Gasteiger partial charge in [0.2, 0.25) is 0 Å². The first-order chi connectivity index (χ1) is 25.0. The molecule has 0 spiro atoms. The van der Waals surface area contributed by atoms with Crippen LogP contribution in [0, 0.1) is 0 Å². The van der Waals surface area contributed by atoms with Crippen molar-refractivity contribution >= 4 is 82.0 Å². The largest absolute Gasteiger partial charge is 0.479 e. The van der Waals surface area contributed by atoms with Gasteiger partial charge in [0.25, 0.3) is 0 Å². The number of alkyl halides is 1. The Bertz CT molecular complexity index is 839. The molecule has 0 aliphatic carbocycles. The molecule has 0 aromatic carbocycles. The Balaban J connectivity index is 1.88. The lowest BCUT2D eigenvalue weighted by molar-refractivity contribution is -0.368. The van der Waals surface area contributed by atoms with E-state index in [1.807, 2.05) is 0 Å². The number of hydrogen-bond acceptors (Lipinski definition) is 12. The maximum Gasteiger partial charge on any atom is 0.479 e. The molecule has 19 nitrogen and oxygen atoms in total. The summed E-state index contributed by atoms with van der Waals surface area (Å²) in [5.74, 6) is 0.368. The summed E-state index contributed by atoms with van der Waals surface area (Å²) in [6.45, 7) is 4.46. The molecule has 6 aliphatic rings. The zero-order chi connectivity index (χ0) is 37.5. The summed E-state index contributed by atoms with van der Waals surface area (Å²) in [4.78, 5) is 0. The zero-order valence-electron chi connectivity index (χ0n) is 31.2. The molecular formula is C24H69ClN7O12Si8+7. The van der Waals surface area contributed by atoms with Crippen LogP contribution in [0.3, 0.4) is 0 Å². The molecule has 21 N–H and O–H groups in total. The maximum atomic E-state index is 7.57. The predicted octanol–water partition coefficient (Wildman–Crippen LogP) is -5.18. The minimum absolute atomic E-state index is 0.368. The van der Waals surface area contributed by atoms with E-state index in [4.69, 9.17) is 61.0 Å². The van der Waals surface area contributed by atoms with E-state index in [0.29, 0.717) is 151 Å². The van der Waals surface area contributed by atoms with Crippen LogP contribution in [0.4, 0.5) is 0 Å². The third kappa shape index (κ3) is 10.1. The van der Waals surface area contributed by atoms with Crippen LogP contribution in [0.2, 0.25) is 48.4 Å². The van der Waals surface area contributed by atoms with E-state index >= 15 is 0 Å². The maximum absolute atomic E-state index is 7.57. The topological polar surface area (TPSA) is 304 Å². The van der Waals surface area contributed by atoms with Gasteiger partial charge in [-0.05, 0) is 6.42 Å². The second-order valence-corrected chi connectivity index (χ2v) is 39.3. The molecule has 6 heterocycles. The average Bonchev–Trinajstić information content (AvgIpc) is 3.08. The molecular weight excluding hydrogens is 838 g/mol. The Morgan fingerprint density at radius 3 is 0.500 bits per heavy atom. The molecule has 6 rings (SSSR count). The van der Waals surface area contributed by atoms with E-state index < -0.39 is 70.4 Å². The van der Waals surface area contributed by atoms with Gasteiger partial charge < -0.3 is 89.5 Å². The lowest BCUT2D eigenvalue weighted by atomic mass is 10.5. The molecule has 0 radical (unpaired) electrons. The van der Waals surface area contributed by atoms with Gasteiger partial charge in [-0.3, -0.25) is 0 Å². The van der Waals surface area contributed by atoms with Gasteiger partial charge in [-0.1, -0.05) is 0 Å². The van der Waals surface area contributed by atoms with Crippen molar-refractivity contribution in [2.75, 3.05) is 51.7 Å². The molecule has 0 saturated carbocycles. The van der Waals surface area contributed by atoms with Crippen molar-refractivity contribution in [2.24, 2.45) is 0 Å². The Hall–Kier alpha value is 1.27. The number of rotatable bonds is 24. The van der Waals surface area contributed by atoms with E-state index in [0.717, 1.165) is 0 Å². The minimum Gasteiger partial charge on any atom is -0.373 e. The summed E-state index contributed by atoms with van der Waals surface area (Å²) < 4.78 is 90.8. The second-order valence-electron chi connectivity index (χ2n) is 14.2. The summed E-state index contributed by atoms with van der Waals surface area (Å²) >= 11 is 6.44. The Kier molecular flexibility index (Phi) is 16.1. The first-order valence-corrected chi connectivity index (χ1v) is 35.5. The quantitative estimate of drug-likeness (QED) is 0.0354. The lowest BCUT2D eigenvalue weighted by Gasteiger charge is -2.63. The fraction of sp³-hybridized carbons (Fsp3) is 1.00. The summed E-state index contributed by atoms with van der Waals surface area (Å²) in [6, 6.07) is 3.39. The van der Waals surface area contributed by atoms with Crippen LogP contribution in [-0.4, -0.2) is 122 Å². The van der Waals surface area contributed by atoms with Gasteiger partial charge >= 0.3 is 70.4 Å². The molecule has 0 aromatic heterocycles. The van der Waals surface area contributed by atoms with Crippen molar-refractivity contribution in [1.82, 2.24) is 0 Å². The van der Waals surface area contributed by atoms with Crippen molar-refractivity contribution < 1.29 is 89.5 Å². The Morgan fingerprint density at radius 2 is 0.385 bits per heavy atom. The molecule has 6 saturated heterocycles. The Morgan fingerprint density at radius 1 is 0.250 bits per heavy atom. The zero-order valence-corrected chi connectivity index (χ0v) is 40.0. The van der Waals surface area contributed by atoms with Gasteiger partial charge in [-0.25, -0.2) is 0 Å². The molecule has 304 valence electrons. The molecule has 0 atom stereocenters. The molecule has 6 fully saturated rings. The SMILES string of the molecule is [NH3+]CCC[Si]12O[Si]3(CCC[NH3+])O[Si]4(CCC[NH3+])O[Si](CCC[NH3+])(O1)O[Si]1(CCC[NH3+])O[Si](CCC[NH3+])(O2)O[Si](CCC[NH3+])(O3)O[Si](CCCCl)(O4)O1. The van der Waals surface area contributed by atoms with Crippen LogP contribution in [0.1, 0.15) is 51.4 Å². The Labute approximate surface area is 321 Å². The summed E-state index contributed by atoms with van der Waals surface area (Å²) in [5, 5.41) is 0. The first kappa shape index (κ1) is 44.4. The highest BCUT2D eigenvalue weighted by Gasteiger charge is 2.82.